The Morgan fingerprint density at radius 2 is 1.92 bits per heavy atom. The van der Waals surface area contributed by atoms with Gasteiger partial charge in [0.1, 0.15) is 0 Å². The molecule has 8 nitrogen and oxygen atoms in total. The lowest BCUT2D eigenvalue weighted by Crippen LogP contribution is -2.35. The highest BCUT2D eigenvalue weighted by atomic mass is 16.6. The molecule has 0 saturated heterocycles. The topological polar surface area (TPSA) is 116 Å². The number of nitrogen functional groups attached to an aromatic ring is 1. The number of nitrogens with one attached hydrogen (secondary N) is 1. The molecule has 8 heteroatoms. The lowest BCUT2D eigenvalue weighted by atomic mass is 9.92. The second-order valence-corrected chi connectivity index (χ2v) is 6.09. The Morgan fingerprint density at radius 3 is 2.65 bits per heavy atom. The van der Waals surface area contributed by atoms with Gasteiger partial charge in [-0.25, -0.2) is 0 Å². The number of carbonyl (C=O) groups excluding carboxylic acids is 1. The molecule has 26 heavy (non-hydrogen) atoms. The van der Waals surface area contributed by atoms with Crippen LogP contribution in [0.3, 0.4) is 0 Å². The summed E-state index contributed by atoms with van der Waals surface area (Å²) in [7, 11) is 0. The van der Waals surface area contributed by atoms with Gasteiger partial charge >= 0.3 is 5.82 Å². The summed E-state index contributed by atoms with van der Waals surface area (Å²) in [4.78, 5) is 23.3. The number of nitrogens with two attached hydrogens (primary N) is 1. The maximum atomic E-state index is 12.3. The van der Waals surface area contributed by atoms with Gasteiger partial charge in [-0.3, -0.25) is 4.79 Å². The van der Waals surface area contributed by atoms with E-state index in [9.17, 15) is 14.9 Å². The average molecular weight is 349 g/mol. The smallest absolute Gasteiger partial charge is 0.395 e. The summed E-state index contributed by atoms with van der Waals surface area (Å²) in [5, 5.41) is 18.4. The van der Waals surface area contributed by atoms with E-state index >= 15 is 0 Å². The first-order valence-corrected chi connectivity index (χ1v) is 8.01. The number of rotatable bonds is 3. The van der Waals surface area contributed by atoms with Crippen LogP contribution < -0.4 is 11.1 Å². The van der Waals surface area contributed by atoms with Crippen LogP contribution in [0.4, 0.5) is 11.5 Å². The first kappa shape index (κ1) is 15.8. The molecule has 1 atom stereocenters. The number of aromatic nitrogens is 2. The summed E-state index contributed by atoms with van der Waals surface area (Å²) in [6, 6.07) is 13.6. The Hall–Kier alpha value is -3.68. The van der Waals surface area contributed by atoms with Crippen LogP contribution >= 0.6 is 0 Å². The van der Waals surface area contributed by atoms with Crippen molar-refractivity contribution in [2.45, 2.75) is 12.5 Å². The summed E-state index contributed by atoms with van der Waals surface area (Å²) in [6.45, 7) is 0. The van der Waals surface area contributed by atoms with Crippen molar-refractivity contribution in [2.75, 3.05) is 5.73 Å². The van der Waals surface area contributed by atoms with Crippen molar-refractivity contribution in [3.63, 3.8) is 0 Å². The minimum absolute atomic E-state index is 0.244. The third-order valence-electron chi connectivity index (χ3n) is 4.42. The van der Waals surface area contributed by atoms with Gasteiger partial charge in [-0.1, -0.05) is 18.2 Å². The zero-order chi connectivity index (χ0) is 18.3. The number of nitro groups is 1. The predicted molar refractivity (Wildman–Crippen MR) is 95.0 cm³/mol. The van der Waals surface area contributed by atoms with Gasteiger partial charge < -0.3 is 21.2 Å². The molecule has 0 aliphatic carbocycles. The standard InChI is InChI=1S/C18H15N5O3/c19-12-5-7-13(8-6-12)22-10-15(17(21-22)23(25)26)16-9-11-3-1-2-4-14(11)18(24)20-16/h1-8,10,16H,9,19H2,(H,20,24). The molecule has 2 aromatic carbocycles. The van der Waals surface area contributed by atoms with Crippen LogP contribution in [0.25, 0.3) is 5.69 Å². The van der Waals surface area contributed by atoms with E-state index in [4.69, 9.17) is 5.73 Å². The molecule has 3 N–H and O–H groups in total. The first-order chi connectivity index (χ1) is 12.5. The van der Waals surface area contributed by atoms with Crippen molar-refractivity contribution in [1.29, 1.82) is 0 Å². The lowest BCUT2D eigenvalue weighted by molar-refractivity contribution is -0.390. The van der Waals surface area contributed by atoms with Crippen molar-refractivity contribution in [1.82, 2.24) is 15.1 Å². The summed E-state index contributed by atoms with van der Waals surface area (Å²) in [5.74, 6) is -0.516. The van der Waals surface area contributed by atoms with Crippen LogP contribution in [0.5, 0.6) is 0 Å². The second kappa shape index (κ2) is 5.99. The van der Waals surface area contributed by atoms with Crippen molar-refractivity contribution in [2.24, 2.45) is 0 Å². The number of amides is 1. The van der Waals surface area contributed by atoms with Crippen LogP contribution in [0.1, 0.15) is 27.5 Å². The molecule has 0 radical (unpaired) electrons. The number of nitrogens with zero attached hydrogens (tertiary/aromatic N) is 3. The van der Waals surface area contributed by atoms with Gasteiger partial charge in [0.15, 0.2) is 0 Å². The average Bonchev–Trinajstić information content (AvgIpc) is 3.08. The summed E-state index contributed by atoms with van der Waals surface area (Å²) < 4.78 is 1.43. The zero-order valence-corrected chi connectivity index (χ0v) is 13.6. The molecule has 0 spiro atoms. The molecule has 1 aliphatic heterocycles. The number of fused-ring (bicyclic) bond motifs is 1. The number of benzene rings is 2. The minimum atomic E-state index is -0.532. The zero-order valence-electron chi connectivity index (χ0n) is 13.6. The van der Waals surface area contributed by atoms with Crippen molar-refractivity contribution < 1.29 is 9.72 Å². The van der Waals surface area contributed by atoms with Gasteiger partial charge in [0.2, 0.25) is 0 Å². The van der Waals surface area contributed by atoms with E-state index in [2.05, 4.69) is 10.4 Å². The molecule has 1 aromatic heterocycles. The molecule has 1 aliphatic rings. The Kier molecular flexibility index (Phi) is 3.65. The molecule has 0 saturated carbocycles. The molecular formula is C18H15N5O3. The molecule has 130 valence electrons. The van der Waals surface area contributed by atoms with E-state index in [1.165, 1.54) is 4.68 Å². The molecule has 1 amide bonds. The van der Waals surface area contributed by atoms with Crippen LogP contribution in [0.15, 0.2) is 54.7 Å². The van der Waals surface area contributed by atoms with Gasteiger partial charge in [0, 0.05) is 11.3 Å². The van der Waals surface area contributed by atoms with E-state index in [0.717, 1.165) is 5.56 Å². The molecule has 2 heterocycles. The summed E-state index contributed by atoms with van der Waals surface area (Å²) in [6.07, 6.45) is 2.05. The fourth-order valence-corrected chi connectivity index (χ4v) is 3.14. The molecular weight excluding hydrogens is 334 g/mol. The Bertz CT molecular complexity index is 1010. The van der Waals surface area contributed by atoms with Gasteiger partial charge in [0.25, 0.3) is 5.91 Å². The van der Waals surface area contributed by atoms with Crippen LogP contribution in [0, 0.1) is 10.1 Å². The van der Waals surface area contributed by atoms with Crippen molar-refractivity contribution in [3.05, 3.63) is 81.5 Å². The highest BCUT2D eigenvalue weighted by Crippen LogP contribution is 2.31. The normalized spacial score (nSPS) is 16.0. The quantitative estimate of drug-likeness (QED) is 0.428. The molecule has 1 unspecified atom stereocenters. The largest absolute Gasteiger partial charge is 0.399 e. The van der Waals surface area contributed by atoms with Crippen molar-refractivity contribution in [3.8, 4) is 5.69 Å². The molecule has 4 rings (SSSR count). The molecule has 0 fully saturated rings. The highest BCUT2D eigenvalue weighted by Gasteiger charge is 2.33. The van der Waals surface area contributed by atoms with E-state index in [0.29, 0.717) is 28.9 Å². The van der Waals surface area contributed by atoms with Gasteiger partial charge in [-0.05, 0) is 47.2 Å². The van der Waals surface area contributed by atoms with Gasteiger partial charge in [-0.15, -0.1) is 4.68 Å². The first-order valence-electron chi connectivity index (χ1n) is 8.01. The number of hydrogen-bond donors (Lipinski definition) is 2. The van der Waals surface area contributed by atoms with Crippen LogP contribution in [0.2, 0.25) is 0 Å². The van der Waals surface area contributed by atoms with Crippen LogP contribution in [-0.4, -0.2) is 20.6 Å². The lowest BCUT2D eigenvalue weighted by Gasteiger charge is -2.24. The van der Waals surface area contributed by atoms with Gasteiger partial charge in [0.05, 0.1) is 28.6 Å². The molecule has 0 bridgehead atoms. The maximum absolute atomic E-state index is 12.3. The Morgan fingerprint density at radius 1 is 1.19 bits per heavy atom. The Balaban J connectivity index is 1.76. The van der Waals surface area contributed by atoms with E-state index < -0.39 is 11.0 Å². The van der Waals surface area contributed by atoms with E-state index in [-0.39, 0.29) is 11.7 Å². The predicted octanol–water partition coefficient (Wildman–Crippen LogP) is 2.39. The van der Waals surface area contributed by atoms with E-state index in [1.807, 2.05) is 12.1 Å². The fourth-order valence-electron chi connectivity index (χ4n) is 3.14. The maximum Gasteiger partial charge on any atom is 0.395 e. The number of hydrogen-bond acceptors (Lipinski definition) is 5. The van der Waals surface area contributed by atoms with Crippen molar-refractivity contribution >= 4 is 17.4 Å². The summed E-state index contributed by atoms with van der Waals surface area (Å²) >= 11 is 0. The molecule has 3 aromatic rings. The minimum Gasteiger partial charge on any atom is -0.399 e. The second-order valence-electron chi connectivity index (χ2n) is 6.09. The third kappa shape index (κ3) is 2.67. The van der Waals surface area contributed by atoms with E-state index in [1.54, 1.807) is 42.6 Å². The number of anilines is 1. The van der Waals surface area contributed by atoms with Gasteiger partial charge in [-0.2, -0.15) is 0 Å². The Labute approximate surface area is 148 Å². The third-order valence-corrected chi connectivity index (χ3v) is 4.42. The summed E-state index contributed by atoms with van der Waals surface area (Å²) in [5.41, 5.74) is 8.74. The van der Waals surface area contributed by atoms with Crippen LogP contribution in [-0.2, 0) is 6.42 Å². The monoisotopic (exact) mass is 349 g/mol. The number of carbonyl (C=O) groups is 1. The highest BCUT2D eigenvalue weighted by molar-refractivity contribution is 5.97. The SMILES string of the molecule is Nc1ccc(-n2cc(C3Cc4ccccc4C(=O)N3)c([N+](=O)[O-])n2)cc1. The fraction of sp³-hybridized carbons (Fsp3) is 0.111.